The fourth-order valence-corrected chi connectivity index (χ4v) is 3.20. The van der Waals surface area contributed by atoms with Gasteiger partial charge in [0.15, 0.2) is 0 Å². The molecule has 3 nitrogen and oxygen atoms in total. The SMILES string of the molecule is CN1C(=O)C(CO)CC1Cc1ccc(-c2cccc(F)c2)cc1. The molecular weight excluding hydrogens is 293 g/mol. The van der Waals surface area contributed by atoms with Crippen molar-refractivity contribution in [2.75, 3.05) is 13.7 Å². The highest BCUT2D eigenvalue weighted by molar-refractivity contribution is 5.81. The molecule has 3 rings (SSSR count). The molecule has 1 aliphatic heterocycles. The van der Waals surface area contributed by atoms with Gasteiger partial charge >= 0.3 is 0 Å². The summed E-state index contributed by atoms with van der Waals surface area (Å²) in [5.41, 5.74) is 2.95. The summed E-state index contributed by atoms with van der Waals surface area (Å²) in [7, 11) is 1.80. The van der Waals surface area contributed by atoms with Crippen molar-refractivity contribution < 1.29 is 14.3 Å². The van der Waals surface area contributed by atoms with Gasteiger partial charge in [-0.2, -0.15) is 0 Å². The van der Waals surface area contributed by atoms with Crippen LogP contribution in [0.1, 0.15) is 12.0 Å². The highest BCUT2D eigenvalue weighted by atomic mass is 19.1. The third-order valence-corrected chi connectivity index (χ3v) is 4.60. The van der Waals surface area contributed by atoms with Gasteiger partial charge in [0, 0.05) is 13.1 Å². The summed E-state index contributed by atoms with van der Waals surface area (Å²) in [6.45, 7) is -0.0851. The zero-order valence-electron chi connectivity index (χ0n) is 13.1. The molecule has 0 aromatic heterocycles. The first-order chi connectivity index (χ1) is 11.1. The molecule has 2 atom stereocenters. The molecular formula is C19H20FNO2. The summed E-state index contributed by atoms with van der Waals surface area (Å²) in [6.07, 6.45) is 1.46. The van der Waals surface area contributed by atoms with Crippen molar-refractivity contribution in [2.24, 2.45) is 5.92 Å². The largest absolute Gasteiger partial charge is 0.396 e. The van der Waals surface area contributed by atoms with E-state index in [9.17, 15) is 14.3 Å². The first kappa shape index (κ1) is 15.7. The Balaban J connectivity index is 1.72. The molecule has 1 amide bonds. The molecule has 0 saturated carbocycles. The number of carbonyl (C=O) groups is 1. The molecule has 23 heavy (non-hydrogen) atoms. The lowest BCUT2D eigenvalue weighted by Gasteiger charge is -2.19. The van der Waals surface area contributed by atoms with E-state index in [1.54, 1.807) is 18.0 Å². The topological polar surface area (TPSA) is 40.5 Å². The Hall–Kier alpha value is -2.20. The molecule has 1 fully saturated rings. The van der Waals surface area contributed by atoms with Crippen molar-refractivity contribution in [3.8, 4) is 11.1 Å². The van der Waals surface area contributed by atoms with Crippen molar-refractivity contribution in [3.63, 3.8) is 0 Å². The maximum Gasteiger partial charge on any atom is 0.228 e. The highest BCUT2D eigenvalue weighted by Gasteiger charge is 2.36. The second-order valence-corrected chi connectivity index (χ2v) is 6.13. The number of likely N-dealkylation sites (tertiary alicyclic amines) is 1. The van der Waals surface area contributed by atoms with E-state index in [1.807, 2.05) is 30.3 Å². The third kappa shape index (κ3) is 3.27. The Morgan fingerprint density at radius 2 is 1.91 bits per heavy atom. The average Bonchev–Trinajstić information content (AvgIpc) is 2.83. The minimum atomic E-state index is -0.267. The van der Waals surface area contributed by atoms with E-state index < -0.39 is 0 Å². The van der Waals surface area contributed by atoms with Gasteiger partial charge in [-0.15, -0.1) is 0 Å². The number of carbonyl (C=O) groups excluding carboxylic acids is 1. The van der Waals surface area contributed by atoms with Crippen LogP contribution >= 0.6 is 0 Å². The Bertz CT molecular complexity index is 699. The van der Waals surface area contributed by atoms with Crippen LogP contribution < -0.4 is 0 Å². The monoisotopic (exact) mass is 313 g/mol. The van der Waals surface area contributed by atoms with Crippen molar-refractivity contribution in [2.45, 2.75) is 18.9 Å². The van der Waals surface area contributed by atoms with Gasteiger partial charge < -0.3 is 10.0 Å². The highest BCUT2D eigenvalue weighted by Crippen LogP contribution is 2.27. The number of amides is 1. The Morgan fingerprint density at radius 1 is 1.17 bits per heavy atom. The van der Waals surface area contributed by atoms with Crippen LogP contribution in [0.5, 0.6) is 0 Å². The summed E-state index contributed by atoms with van der Waals surface area (Å²) < 4.78 is 13.3. The molecule has 1 N–H and O–H groups in total. The molecule has 120 valence electrons. The second kappa shape index (κ2) is 6.50. The van der Waals surface area contributed by atoms with E-state index >= 15 is 0 Å². The number of nitrogens with zero attached hydrogens (tertiary/aromatic N) is 1. The van der Waals surface area contributed by atoms with Crippen LogP contribution in [-0.4, -0.2) is 35.6 Å². The summed E-state index contributed by atoms with van der Waals surface area (Å²) >= 11 is 0. The van der Waals surface area contributed by atoms with Gasteiger partial charge in [-0.25, -0.2) is 4.39 Å². The lowest BCUT2D eigenvalue weighted by atomic mass is 9.98. The molecule has 1 heterocycles. The van der Waals surface area contributed by atoms with Crippen LogP contribution in [0.4, 0.5) is 4.39 Å². The van der Waals surface area contributed by atoms with Crippen LogP contribution in [0, 0.1) is 11.7 Å². The van der Waals surface area contributed by atoms with Crippen LogP contribution in [0.15, 0.2) is 48.5 Å². The zero-order valence-corrected chi connectivity index (χ0v) is 13.1. The molecule has 0 spiro atoms. The van der Waals surface area contributed by atoms with Gasteiger partial charge in [0.25, 0.3) is 0 Å². The lowest BCUT2D eigenvalue weighted by Crippen LogP contribution is -2.31. The van der Waals surface area contributed by atoms with Crippen LogP contribution in [0.2, 0.25) is 0 Å². The fourth-order valence-electron chi connectivity index (χ4n) is 3.20. The predicted octanol–water partition coefficient (Wildman–Crippen LogP) is 2.87. The van der Waals surface area contributed by atoms with Gasteiger partial charge in [-0.05, 0) is 41.7 Å². The summed E-state index contributed by atoms with van der Waals surface area (Å²) in [5.74, 6) is -0.488. The van der Waals surface area contributed by atoms with Crippen molar-refractivity contribution >= 4 is 5.91 Å². The van der Waals surface area contributed by atoms with Crippen molar-refractivity contribution in [3.05, 3.63) is 59.9 Å². The zero-order chi connectivity index (χ0) is 16.4. The predicted molar refractivity (Wildman–Crippen MR) is 87.3 cm³/mol. The van der Waals surface area contributed by atoms with Gasteiger partial charge in [-0.1, -0.05) is 36.4 Å². The Morgan fingerprint density at radius 3 is 2.52 bits per heavy atom. The van der Waals surface area contributed by atoms with Gasteiger partial charge in [0.2, 0.25) is 5.91 Å². The number of halogens is 1. The third-order valence-electron chi connectivity index (χ3n) is 4.60. The fraction of sp³-hybridized carbons (Fsp3) is 0.316. The summed E-state index contributed by atoms with van der Waals surface area (Å²) in [6, 6.07) is 14.6. The van der Waals surface area contributed by atoms with Crippen LogP contribution in [0.3, 0.4) is 0 Å². The second-order valence-electron chi connectivity index (χ2n) is 6.13. The van der Waals surface area contributed by atoms with Gasteiger partial charge in [-0.3, -0.25) is 4.79 Å². The molecule has 1 saturated heterocycles. The van der Waals surface area contributed by atoms with E-state index in [2.05, 4.69) is 0 Å². The van der Waals surface area contributed by atoms with E-state index in [0.29, 0.717) is 6.42 Å². The van der Waals surface area contributed by atoms with Gasteiger partial charge in [0.1, 0.15) is 5.82 Å². The quantitative estimate of drug-likeness (QED) is 0.943. The minimum Gasteiger partial charge on any atom is -0.396 e. The van der Waals surface area contributed by atoms with E-state index in [1.165, 1.54) is 12.1 Å². The number of rotatable bonds is 4. The van der Waals surface area contributed by atoms with Crippen LogP contribution in [0.25, 0.3) is 11.1 Å². The number of aliphatic hydroxyl groups excluding tert-OH is 1. The number of hydrogen-bond donors (Lipinski definition) is 1. The maximum absolute atomic E-state index is 13.3. The normalized spacial score (nSPS) is 21.0. The van der Waals surface area contributed by atoms with E-state index in [4.69, 9.17) is 0 Å². The molecule has 0 bridgehead atoms. The number of hydrogen-bond acceptors (Lipinski definition) is 2. The number of likely N-dealkylation sites (N-methyl/N-ethyl adjacent to an activating group) is 1. The minimum absolute atomic E-state index is 0.0221. The van der Waals surface area contributed by atoms with Crippen LogP contribution in [-0.2, 0) is 11.2 Å². The molecule has 4 heteroatoms. The molecule has 2 aromatic rings. The molecule has 2 unspecified atom stereocenters. The molecule has 0 radical (unpaired) electrons. The molecule has 1 aliphatic rings. The van der Waals surface area contributed by atoms with Crippen molar-refractivity contribution in [1.29, 1.82) is 0 Å². The molecule has 2 aromatic carbocycles. The first-order valence-corrected chi connectivity index (χ1v) is 7.81. The van der Waals surface area contributed by atoms with Crippen molar-refractivity contribution in [1.82, 2.24) is 4.90 Å². The number of aliphatic hydroxyl groups is 1. The van der Waals surface area contributed by atoms with E-state index in [0.717, 1.165) is 23.1 Å². The Labute approximate surface area is 135 Å². The Kier molecular flexibility index (Phi) is 4.44. The first-order valence-electron chi connectivity index (χ1n) is 7.81. The maximum atomic E-state index is 13.3. The number of benzene rings is 2. The molecule has 0 aliphatic carbocycles. The smallest absolute Gasteiger partial charge is 0.228 e. The van der Waals surface area contributed by atoms with E-state index in [-0.39, 0.29) is 30.3 Å². The summed E-state index contributed by atoms with van der Waals surface area (Å²) in [5, 5.41) is 9.24. The summed E-state index contributed by atoms with van der Waals surface area (Å²) in [4.78, 5) is 13.7. The lowest BCUT2D eigenvalue weighted by molar-refractivity contribution is -0.131. The standard InChI is InChI=1S/C19H20FNO2/c1-21-18(11-16(12-22)19(21)23)9-13-5-7-14(8-6-13)15-3-2-4-17(20)10-15/h2-8,10,16,18,22H,9,11-12H2,1H3. The van der Waals surface area contributed by atoms with Gasteiger partial charge in [0.05, 0.1) is 12.5 Å². The average molecular weight is 313 g/mol.